The van der Waals surface area contributed by atoms with Gasteiger partial charge in [0.25, 0.3) is 5.60 Å². The predicted molar refractivity (Wildman–Crippen MR) is 91.4 cm³/mol. The molecule has 2 unspecified atom stereocenters. The summed E-state index contributed by atoms with van der Waals surface area (Å²) in [7, 11) is 0. The quantitative estimate of drug-likeness (QED) is 0.751. The number of rotatable bonds is 3. The molecule has 0 bridgehead atoms. The number of benzene rings is 1. The van der Waals surface area contributed by atoms with E-state index in [4.69, 9.17) is 0 Å². The molecule has 0 aromatic heterocycles. The highest BCUT2D eigenvalue weighted by Gasteiger charge is 2.71. The van der Waals surface area contributed by atoms with Crippen molar-refractivity contribution in [3.63, 3.8) is 0 Å². The highest BCUT2D eigenvalue weighted by Crippen LogP contribution is 2.50. The highest BCUT2D eigenvalue weighted by molar-refractivity contribution is 5.69. The number of aliphatic hydroxyl groups is 1. The average Bonchev–Trinajstić information content (AvgIpc) is 2.54. The molecule has 0 saturated carbocycles. The van der Waals surface area contributed by atoms with Crippen LogP contribution in [0.1, 0.15) is 31.9 Å². The second-order valence-electron chi connectivity index (χ2n) is 6.79. The minimum absolute atomic E-state index is 0.000159. The number of nitrogens with zero attached hydrogens (tertiary/aromatic N) is 1. The highest BCUT2D eigenvalue weighted by atomic mass is 19.4. The van der Waals surface area contributed by atoms with Crippen LogP contribution >= 0.6 is 0 Å². The topological polar surface area (TPSA) is 35.5 Å². The normalized spacial score (nSPS) is 22.5. The predicted octanol–water partition coefficient (Wildman–Crippen LogP) is 4.22. The van der Waals surface area contributed by atoms with Crippen molar-refractivity contribution in [3.8, 4) is 0 Å². The zero-order chi connectivity index (χ0) is 20.6. The van der Waals surface area contributed by atoms with Crippen LogP contribution in [0.3, 0.4) is 0 Å². The smallest absolute Gasteiger partial charge is 0.369 e. The third-order valence-corrected chi connectivity index (χ3v) is 4.69. The minimum Gasteiger partial charge on any atom is -0.369 e. The molecular formula is C18H22F6N2O. The second kappa shape index (κ2) is 7.35. The number of allylic oxidation sites excluding steroid dienone is 1. The van der Waals surface area contributed by atoms with Crippen molar-refractivity contribution in [1.82, 2.24) is 5.32 Å². The van der Waals surface area contributed by atoms with E-state index in [9.17, 15) is 31.4 Å². The molecule has 1 aromatic rings. The Hall–Kier alpha value is -1.74. The maximum Gasteiger partial charge on any atom is 0.430 e. The van der Waals surface area contributed by atoms with Gasteiger partial charge in [-0.15, -0.1) is 0 Å². The van der Waals surface area contributed by atoms with E-state index in [0.29, 0.717) is 24.8 Å². The summed E-state index contributed by atoms with van der Waals surface area (Å²) in [6, 6.07) is 2.78. The summed E-state index contributed by atoms with van der Waals surface area (Å²) < 4.78 is 79.0. The Kier molecular flexibility index (Phi) is 5.87. The van der Waals surface area contributed by atoms with Gasteiger partial charge in [-0.25, -0.2) is 0 Å². The lowest BCUT2D eigenvalue weighted by molar-refractivity contribution is -0.376. The first-order valence-corrected chi connectivity index (χ1v) is 8.46. The minimum atomic E-state index is -5.91. The fraction of sp³-hybridized carbons (Fsp3) is 0.556. The van der Waals surface area contributed by atoms with E-state index >= 15 is 0 Å². The van der Waals surface area contributed by atoms with Crippen LogP contribution in [0.15, 0.2) is 24.3 Å². The summed E-state index contributed by atoms with van der Waals surface area (Å²) in [5.74, 6) is 0. The first-order valence-electron chi connectivity index (χ1n) is 8.46. The Morgan fingerprint density at radius 1 is 1.11 bits per heavy atom. The molecule has 2 rings (SSSR count). The van der Waals surface area contributed by atoms with Gasteiger partial charge in [-0.1, -0.05) is 18.2 Å². The number of alkyl halides is 6. The van der Waals surface area contributed by atoms with E-state index in [0.717, 1.165) is 6.07 Å². The molecule has 0 amide bonds. The molecule has 27 heavy (non-hydrogen) atoms. The molecule has 0 spiro atoms. The Bertz CT molecular complexity index is 684. The van der Waals surface area contributed by atoms with Gasteiger partial charge in [0.15, 0.2) is 0 Å². The summed E-state index contributed by atoms with van der Waals surface area (Å²) in [6.07, 6.45) is -8.85. The van der Waals surface area contributed by atoms with E-state index in [2.05, 4.69) is 5.32 Å². The first-order chi connectivity index (χ1) is 12.3. The lowest BCUT2D eigenvalue weighted by Crippen LogP contribution is -2.55. The largest absolute Gasteiger partial charge is 0.430 e. The van der Waals surface area contributed by atoms with E-state index < -0.39 is 23.5 Å². The van der Waals surface area contributed by atoms with Crippen LogP contribution in [0, 0.1) is 0 Å². The van der Waals surface area contributed by atoms with Crippen molar-refractivity contribution in [1.29, 1.82) is 0 Å². The number of anilines is 1. The molecule has 0 radical (unpaired) electrons. The molecule has 1 heterocycles. The molecule has 3 nitrogen and oxygen atoms in total. The maximum absolute atomic E-state index is 13.2. The number of hydrogen-bond donors (Lipinski definition) is 2. The van der Waals surface area contributed by atoms with Gasteiger partial charge in [-0.3, -0.25) is 0 Å². The maximum atomic E-state index is 13.2. The third-order valence-electron chi connectivity index (χ3n) is 4.69. The van der Waals surface area contributed by atoms with Crippen LogP contribution in [0.2, 0.25) is 0 Å². The van der Waals surface area contributed by atoms with Crippen LogP contribution < -0.4 is 10.2 Å². The second-order valence-corrected chi connectivity index (χ2v) is 6.79. The summed E-state index contributed by atoms with van der Waals surface area (Å²) in [5, 5.41) is 12.9. The zero-order valence-corrected chi connectivity index (χ0v) is 15.1. The summed E-state index contributed by atoms with van der Waals surface area (Å²) in [4.78, 5) is 1.93. The molecule has 1 aliphatic rings. The van der Waals surface area contributed by atoms with Crippen molar-refractivity contribution in [2.24, 2.45) is 0 Å². The van der Waals surface area contributed by atoms with Crippen LogP contribution in [-0.4, -0.2) is 42.6 Å². The molecule has 1 aliphatic heterocycles. The van der Waals surface area contributed by atoms with Gasteiger partial charge in [0, 0.05) is 36.4 Å². The molecule has 2 atom stereocenters. The van der Waals surface area contributed by atoms with Crippen molar-refractivity contribution < 1.29 is 31.4 Å². The first kappa shape index (κ1) is 21.6. The van der Waals surface area contributed by atoms with Gasteiger partial charge in [0.1, 0.15) is 0 Å². The van der Waals surface area contributed by atoms with Crippen LogP contribution in [0.5, 0.6) is 0 Å². The van der Waals surface area contributed by atoms with Gasteiger partial charge in [-0.2, -0.15) is 26.3 Å². The molecule has 1 saturated heterocycles. The van der Waals surface area contributed by atoms with Crippen LogP contribution in [-0.2, 0) is 5.60 Å². The van der Waals surface area contributed by atoms with E-state index in [1.54, 1.807) is 6.92 Å². The van der Waals surface area contributed by atoms with Crippen molar-refractivity contribution in [2.45, 2.75) is 50.8 Å². The van der Waals surface area contributed by atoms with E-state index in [1.807, 2.05) is 18.7 Å². The molecule has 1 aromatic carbocycles. The summed E-state index contributed by atoms with van der Waals surface area (Å²) in [6.45, 7) is 6.64. The third kappa shape index (κ3) is 3.94. The Labute approximate surface area is 153 Å². The van der Waals surface area contributed by atoms with Crippen molar-refractivity contribution in [3.05, 3.63) is 35.4 Å². The molecule has 1 fully saturated rings. The molecule has 2 N–H and O–H groups in total. The lowest BCUT2D eigenvalue weighted by atomic mass is 9.90. The molecule has 152 valence electrons. The zero-order valence-electron chi connectivity index (χ0n) is 15.1. The standard InChI is InChI=1S/C18H22F6N2O/c1-4-5-13-8-14(16(27,17(19,20)21)18(22,23)24)6-7-15(13)26-10-11(2)25-9-12(26)3/h4-8,11-12,25,27H,9-10H2,1-3H3/b5-4-. The summed E-state index contributed by atoms with van der Waals surface area (Å²) in [5.41, 5.74) is -5.49. The van der Waals surface area contributed by atoms with Gasteiger partial charge in [0.05, 0.1) is 0 Å². The van der Waals surface area contributed by atoms with E-state index in [-0.39, 0.29) is 17.6 Å². The monoisotopic (exact) mass is 396 g/mol. The SMILES string of the molecule is C/C=C\c1cc(C(O)(C(F)(F)F)C(F)(F)F)ccc1N1CC(C)NCC1C. The Morgan fingerprint density at radius 3 is 2.22 bits per heavy atom. The van der Waals surface area contributed by atoms with Crippen molar-refractivity contribution in [2.75, 3.05) is 18.0 Å². The van der Waals surface area contributed by atoms with Gasteiger partial charge >= 0.3 is 12.4 Å². The van der Waals surface area contributed by atoms with Gasteiger partial charge < -0.3 is 15.3 Å². The van der Waals surface area contributed by atoms with Crippen LogP contribution in [0.4, 0.5) is 32.0 Å². The number of halogens is 6. The Balaban J connectivity index is 2.61. The van der Waals surface area contributed by atoms with Crippen molar-refractivity contribution >= 4 is 11.8 Å². The van der Waals surface area contributed by atoms with Crippen LogP contribution in [0.25, 0.3) is 6.08 Å². The molecular weight excluding hydrogens is 374 g/mol. The molecule has 0 aliphatic carbocycles. The van der Waals surface area contributed by atoms with Gasteiger partial charge in [0.2, 0.25) is 0 Å². The van der Waals surface area contributed by atoms with Gasteiger partial charge in [-0.05, 0) is 38.5 Å². The lowest BCUT2D eigenvalue weighted by Gasteiger charge is -2.40. The fourth-order valence-corrected chi connectivity index (χ4v) is 3.20. The Morgan fingerprint density at radius 2 is 1.70 bits per heavy atom. The fourth-order valence-electron chi connectivity index (χ4n) is 3.20. The average molecular weight is 396 g/mol. The number of nitrogens with one attached hydrogen (secondary N) is 1. The number of piperazine rings is 1. The molecule has 9 heteroatoms. The van der Waals surface area contributed by atoms with E-state index in [1.165, 1.54) is 18.2 Å². The summed E-state index contributed by atoms with van der Waals surface area (Å²) >= 11 is 0. The number of hydrogen-bond acceptors (Lipinski definition) is 3.